The number of halogens is 1. The molecule has 1 rings (SSSR count). The number of nitrogens with two attached hydrogens (primary N) is 1. The van der Waals surface area contributed by atoms with Crippen LogP contribution in [0.4, 0.5) is 5.82 Å². The van der Waals surface area contributed by atoms with Crippen molar-refractivity contribution in [3.05, 3.63) is 10.7 Å². The molecule has 0 aliphatic heterocycles. The Morgan fingerprint density at radius 3 is 2.64 bits per heavy atom. The van der Waals surface area contributed by atoms with E-state index in [0.29, 0.717) is 18.7 Å². The van der Waals surface area contributed by atoms with Crippen LogP contribution in [0.5, 0.6) is 0 Å². The van der Waals surface area contributed by atoms with Gasteiger partial charge in [-0.15, -0.1) is 0 Å². The molecule has 0 aliphatic carbocycles. The van der Waals surface area contributed by atoms with E-state index in [0.717, 1.165) is 17.3 Å². The summed E-state index contributed by atoms with van der Waals surface area (Å²) in [5, 5.41) is 4.07. The van der Waals surface area contributed by atoms with Gasteiger partial charge in [0, 0.05) is 6.20 Å². The van der Waals surface area contributed by atoms with Crippen LogP contribution in [0.1, 0.15) is 26.7 Å². The van der Waals surface area contributed by atoms with Crippen molar-refractivity contribution in [1.82, 2.24) is 9.78 Å². The average molecular weight is 262 g/mol. The Morgan fingerprint density at radius 1 is 1.57 bits per heavy atom. The van der Waals surface area contributed by atoms with Crippen LogP contribution in [0.3, 0.4) is 0 Å². The Labute approximate surface area is 92.5 Å². The van der Waals surface area contributed by atoms with E-state index in [-0.39, 0.29) is 0 Å². The van der Waals surface area contributed by atoms with Gasteiger partial charge >= 0.3 is 0 Å². The average Bonchev–Trinajstić information content (AvgIpc) is 2.48. The molecule has 0 bridgehead atoms. The number of nitrogens with zero attached hydrogens (tertiary/aromatic N) is 2. The number of ether oxygens (including phenoxy) is 1. The number of rotatable bonds is 5. The van der Waals surface area contributed by atoms with Gasteiger partial charge in [-0.05, 0) is 28.8 Å². The molecule has 2 N–H and O–H groups in total. The van der Waals surface area contributed by atoms with Crippen LogP contribution < -0.4 is 5.73 Å². The van der Waals surface area contributed by atoms with E-state index in [4.69, 9.17) is 10.5 Å². The molecule has 0 aliphatic rings. The Kier molecular flexibility index (Phi) is 4.41. The van der Waals surface area contributed by atoms with E-state index in [1.807, 2.05) is 6.20 Å². The highest BCUT2D eigenvalue weighted by atomic mass is 79.9. The number of aromatic nitrogens is 2. The number of anilines is 1. The number of nitrogen functional groups attached to an aromatic ring is 1. The van der Waals surface area contributed by atoms with Gasteiger partial charge in [0.25, 0.3) is 0 Å². The van der Waals surface area contributed by atoms with Crippen molar-refractivity contribution in [2.45, 2.75) is 39.5 Å². The first kappa shape index (κ1) is 11.5. The highest BCUT2D eigenvalue weighted by Gasteiger charge is 2.05. The lowest BCUT2D eigenvalue weighted by Crippen LogP contribution is -2.14. The Bertz CT molecular complexity index is 264. The first-order chi connectivity index (χ1) is 6.67. The smallest absolute Gasteiger partial charge is 0.159 e. The molecule has 0 aromatic carbocycles. The Hall–Kier alpha value is -0.550. The maximum absolute atomic E-state index is 5.62. The summed E-state index contributed by atoms with van der Waals surface area (Å²) in [6, 6.07) is 0. The summed E-state index contributed by atoms with van der Waals surface area (Å²) in [4.78, 5) is 0. The van der Waals surface area contributed by atoms with Crippen molar-refractivity contribution in [2.75, 3.05) is 5.73 Å². The molecule has 5 heteroatoms. The molecule has 14 heavy (non-hydrogen) atoms. The van der Waals surface area contributed by atoms with Crippen LogP contribution in [0.25, 0.3) is 0 Å². The molecule has 0 amide bonds. The lowest BCUT2D eigenvalue weighted by molar-refractivity contribution is -0.00250. The molecule has 0 spiro atoms. The first-order valence-corrected chi connectivity index (χ1v) is 5.56. The molecule has 0 atom stereocenters. The van der Waals surface area contributed by atoms with E-state index in [1.54, 1.807) is 4.68 Å². The minimum Gasteiger partial charge on any atom is -0.381 e. The molecule has 1 aromatic heterocycles. The normalized spacial score (nSPS) is 11.1. The minimum absolute atomic E-state index is 0.305. The van der Waals surface area contributed by atoms with Crippen molar-refractivity contribution in [2.24, 2.45) is 0 Å². The van der Waals surface area contributed by atoms with Crippen molar-refractivity contribution in [3.8, 4) is 0 Å². The summed E-state index contributed by atoms with van der Waals surface area (Å²) in [5.41, 5.74) is 5.58. The third-order valence-electron chi connectivity index (χ3n) is 2.10. The van der Waals surface area contributed by atoms with Gasteiger partial charge in [-0.1, -0.05) is 13.8 Å². The van der Waals surface area contributed by atoms with E-state index >= 15 is 0 Å². The summed E-state index contributed by atoms with van der Waals surface area (Å²) >= 11 is 3.29. The third kappa shape index (κ3) is 2.99. The molecule has 0 radical (unpaired) electrons. The van der Waals surface area contributed by atoms with Crippen LogP contribution in [0.2, 0.25) is 0 Å². The van der Waals surface area contributed by atoms with Crippen molar-refractivity contribution >= 4 is 21.7 Å². The number of hydrogen-bond acceptors (Lipinski definition) is 3. The van der Waals surface area contributed by atoms with Gasteiger partial charge in [-0.3, -0.25) is 0 Å². The van der Waals surface area contributed by atoms with Gasteiger partial charge in [0.05, 0.1) is 10.6 Å². The fourth-order valence-corrected chi connectivity index (χ4v) is 1.50. The predicted octanol–water partition coefficient (Wildman–Crippen LogP) is 2.39. The van der Waals surface area contributed by atoms with Crippen LogP contribution in [0, 0.1) is 0 Å². The Morgan fingerprint density at radius 2 is 2.21 bits per heavy atom. The molecule has 4 nitrogen and oxygen atoms in total. The van der Waals surface area contributed by atoms with Crippen LogP contribution in [-0.4, -0.2) is 15.9 Å². The van der Waals surface area contributed by atoms with Crippen LogP contribution in [0.15, 0.2) is 10.7 Å². The van der Waals surface area contributed by atoms with Crippen molar-refractivity contribution < 1.29 is 4.74 Å². The van der Waals surface area contributed by atoms with Crippen molar-refractivity contribution in [1.29, 1.82) is 0 Å². The highest BCUT2D eigenvalue weighted by molar-refractivity contribution is 9.10. The SMILES string of the molecule is CCC(CC)OCn1cc(Br)c(N)n1. The molecule has 80 valence electrons. The largest absolute Gasteiger partial charge is 0.381 e. The van der Waals surface area contributed by atoms with Crippen LogP contribution in [-0.2, 0) is 11.5 Å². The molecule has 0 saturated heterocycles. The van der Waals surface area contributed by atoms with Gasteiger partial charge < -0.3 is 10.5 Å². The molecular formula is C9H16BrN3O. The Balaban J connectivity index is 2.45. The van der Waals surface area contributed by atoms with E-state index in [1.165, 1.54) is 0 Å². The fourth-order valence-electron chi connectivity index (χ4n) is 1.18. The highest BCUT2D eigenvalue weighted by Crippen LogP contribution is 2.16. The monoisotopic (exact) mass is 261 g/mol. The molecular weight excluding hydrogens is 246 g/mol. The quantitative estimate of drug-likeness (QED) is 0.886. The zero-order valence-corrected chi connectivity index (χ0v) is 10.1. The maximum Gasteiger partial charge on any atom is 0.159 e. The summed E-state index contributed by atoms with van der Waals surface area (Å²) < 4.78 is 8.12. The summed E-state index contributed by atoms with van der Waals surface area (Å²) in [6.45, 7) is 4.69. The number of hydrogen-bond donors (Lipinski definition) is 1. The topological polar surface area (TPSA) is 53.1 Å². The van der Waals surface area contributed by atoms with Gasteiger partial charge in [0.15, 0.2) is 5.82 Å². The molecule has 0 unspecified atom stereocenters. The maximum atomic E-state index is 5.62. The fraction of sp³-hybridized carbons (Fsp3) is 0.667. The predicted molar refractivity (Wildman–Crippen MR) is 59.8 cm³/mol. The van der Waals surface area contributed by atoms with Gasteiger partial charge in [-0.25, -0.2) is 4.68 Å². The van der Waals surface area contributed by atoms with E-state index < -0.39 is 0 Å². The van der Waals surface area contributed by atoms with Gasteiger partial charge in [0.1, 0.15) is 6.73 Å². The minimum atomic E-state index is 0.305. The summed E-state index contributed by atoms with van der Waals surface area (Å²) in [6.07, 6.45) is 4.17. The molecule has 1 aromatic rings. The zero-order valence-electron chi connectivity index (χ0n) is 8.53. The summed E-state index contributed by atoms with van der Waals surface area (Å²) in [7, 11) is 0. The zero-order chi connectivity index (χ0) is 10.6. The van der Waals surface area contributed by atoms with E-state index in [2.05, 4.69) is 34.9 Å². The van der Waals surface area contributed by atoms with Gasteiger partial charge in [0.2, 0.25) is 0 Å². The van der Waals surface area contributed by atoms with E-state index in [9.17, 15) is 0 Å². The van der Waals surface area contributed by atoms with Gasteiger partial charge in [-0.2, -0.15) is 5.10 Å². The lowest BCUT2D eigenvalue weighted by Gasteiger charge is -2.13. The molecule has 0 fully saturated rings. The molecule has 0 saturated carbocycles. The second-order valence-electron chi connectivity index (χ2n) is 3.14. The lowest BCUT2D eigenvalue weighted by atomic mass is 10.2. The van der Waals surface area contributed by atoms with Crippen LogP contribution >= 0.6 is 15.9 Å². The standard InChI is InChI=1S/C9H16BrN3O/c1-3-7(4-2)14-6-13-5-8(10)9(11)12-13/h5,7H,3-4,6H2,1-2H3,(H2,11,12). The third-order valence-corrected chi connectivity index (χ3v) is 2.71. The first-order valence-electron chi connectivity index (χ1n) is 4.77. The summed E-state index contributed by atoms with van der Waals surface area (Å²) in [5.74, 6) is 0.498. The second kappa shape index (κ2) is 5.36. The second-order valence-corrected chi connectivity index (χ2v) is 3.99. The van der Waals surface area contributed by atoms with Crippen molar-refractivity contribution in [3.63, 3.8) is 0 Å². The molecule has 1 heterocycles.